The highest BCUT2D eigenvalue weighted by molar-refractivity contribution is 9.67. The zero-order valence-electron chi connectivity index (χ0n) is 36.8. The maximum absolute atomic E-state index is 4.10. The molecule has 0 aromatic heterocycles. The molecule has 0 aromatic carbocycles. The Morgan fingerprint density at radius 1 is 0.0556 bits per heavy atom. The van der Waals surface area contributed by atoms with Crippen molar-refractivity contribution in [3.63, 3.8) is 0 Å². The summed E-state index contributed by atoms with van der Waals surface area (Å²) in [7, 11) is 160. The van der Waals surface area contributed by atoms with Crippen LogP contribution in [0.25, 0.3) is 0 Å². The Labute approximate surface area is 862 Å². The molecule has 0 aliphatic heterocycles. The molecule has 0 nitrogen and oxygen atoms in total. The normalized spacial score (nSPS) is 11.8. The van der Waals surface area contributed by atoms with Crippen LogP contribution in [-0.4, -0.2) is 0 Å². The Kier molecular flexibility index (Phi) is 163. The standard InChI is InChI=1S/H2S90/c1-3-5-7-9-11-13-15-17-19-21-23-25-27-29-31-33-35-37-39-41-43-45-47-49-51-53-55-57-59-61-63-65-67-69-71-73-75-77-79-81-83-85-87-89-90-88-86-84-82-80-78-76-74-72-70-68-66-64-62-60-58-56-54-52-50-48-46-44-42-40-38-36-34-32-30-28-26-24-22-20-18-16-14-12-10-8-6-4-2/h1-2H. The lowest BCUT2D eigenvalue weighted by atomic mass is 30.1. The molecule has 0 amide bonds. The second kappa shape index (κ2) is 121. The quantitative estimate of drug-likeness (QED) is 0.0337. The van der Waals surface area contributed by atoms with Crippen molar-refractivity contribution in [2.45, 2.75) is 0 Å². The molecule has 0 rings (SSSR count). The zero-order chi connectivity index (χ0) is 64.2. The fraction of sp³-hybridized carbons (Fsp3) is 0. The van der Waals surface area contributed by atoms with Crippen molar-refractivity contribution in [1.82, 2.24) is 0 Å². The SMILES string of the molecule is SSSSSSSSSSSSSSSSSSSSSSSSSSSSSSSSSSSSSSSSSSSSSSSSSSSSSSSSSSSSSSSSSSSSSSSSSSSSSSSSSSSSSSSSSS. The summed E-state index contributed by atoms with van der Waals surface area (Å²) in [5.74, 6) is 0. The molecule has 0 saturated heterocycles. The van der Waals surface area contributed by atoms with Gasteiger partial charge in [-0.3, -0.25) is 0 Å². The number of hydrogen-bond donors (Lipinski definition) is 2. The second-order valence-electron chi connectivity index (χ2n) is 6.00. The predicted molar refractivity (Wildman–Crippen MR) is 686 cm³/mol. The van der Waals surface area contributed by atoms with Gasteiger partial charge in [0.15, 0.2) is 0 Å². The van der Waals surface area contributed by atoms with Gasteiger partial charge in [0.1, 0.15) is 0 Å². The molecule has 0 aromatic rings. The molecule has 90 heteroatoms. The summed E-state index contributed by atoms with van der Waals surface area (Å²) in [4.78, 5) is 0. The molecule has 0 bridgehead atoms. The van der Waals surface area contributed by atoms with Gasteiger partial charge in [-0.1, -0.05) is 23.3 Å². The molecule has 90 heavy (non-hydrogen) atoms. The molecule has 0 fully saturated rings. The maximum Gasteiger partial charge on any atom is 0 e. The van der Waals surface area contributed by atoms with Crippen LogP contribution in [0.1, 0.15) is 0 Å². The summed E-state index contributed by atoms with van der Waals surface area (Å²) >= 11 is 8.20. The van der Waals surface area contributed by atoms with Crippen molar-refractivity contribution in [3.8, 4) is 0 Å². The first-order valence-corrected chi connectivity index (χ1v) is 134. The summed E-state index contributed by atoms with van der Waals surface area (Å²) in [6.45, 7) is 0. The molecule has 0 saturated carbocycles. The minimum Gasteiger partial charge on any atom is -0.0988 e. The predicted octanol–water partition coefficient (Wildman–Crippen LogP) is 57.8. The van der Waals surface area contributed by atoms with Crippen molar-refractivity contribution in [2.75, 3.05) is 0 Å². The average molecular weight is 2890 g/mol. The van der Waals surface area contributed by atoms with Gasteiger partial charge >= 0.3 is 0 Å². The third-order valence-corrected chi connectivity index (χ3v) is 196. The topological polar surface area (TPSA) is 0 Å². The molecule has 0 aliphatic carbocycles. The van der Waals surface area contributed by atoms with Crippen LogP contribution in [0.15, 0.2) is 0 Å². The first-order chi connectivity index (χ1) is 44.9. The molecule has 0 heterocycles. The van der Waals surface area contributed by atoms with Crippen molar-refractivity contribution >= 4 is 888 Å². The molecule has 0 unspecified atom stereocenters. The van der Waals surface area contributed by atoms with Gasteiger partial charge in [0.05, 0.1) is 0 Å². The minimum absolute atomic E-state index is 1.49. The second-order valence-corrected chi connectivity index (χ2v) is 162. The van der Waals surface area contributed by atoms with Crippen molar-refractivity contribution < 1.29 is 0 Å². The van der Waals surface area contributed by atoms with Crippen LogP contribution >= 0.6 is 888 Å². The summed E-state index contributed by atoms with van der Waals surface area (Å²) in [5, 5.41) is 0. The maximum atomic E-state index is 4.10. The van der Waals surface area contributed by atoms with E-state index in [1.807, 2.05) is 747 Å². The highest BCUT2D eigenvalue weighted by atomic mass is 34.1. The Hall–Kier alpha value is 31.5. The fourth-order valence-corrected chi connectivity index (χ4v) is 238. The third kappa shape index (κ3) is 120. The van der Waals surface area contributed by atoms with Gasteiger partial charge in [-0.15, -0.1) is 0 Å². The van der Waals surface area contributed by atoms with Crippen LogP contribution < -0.4 is 0 Å². The fourth-order valence-electron chi connectivity index (χ4n) is 0.977. The molecular formula is H2S90. The lowest BCUT2D eigenvalue weighted by Crippen LogP contribution is -1.35. The van der Waals surface area contributed by atoms with Crippen LogP contribution in [-0.2, 0) is 0 Å². The van der Waals surface area contributed by atoms with E-state index in [0.29, 0.717) is 0 Å². The van der Waals surface area contributed by atoms with Gasteiger partial charge < -0.3 is 0 Å². The molecule has 0 aliphatic rings. The van der Waals surface area contributed by atoms with Gasteiger partial charge in [0, 0.05) is 707 Å². The Bertz CT molecular complexity index is 1050. The summed E-state index contributed by atoms with van der Waals surface area (Å²) in [5.41, 5.74) is 0. The lowest BCUT2D eigenvalue weighted by molar-refractivity contribution is 5.59. The third-order valence-electron chi connectivity index (χ3n) is 2.42. The summed E-state index contributed by atoms with van der Waals surface area (Å²) in [6, 6.07) is 0. The Balaban J connectivity index is 3.08. The van der Waals surface area contributed by atoms with E-state index in [2.05, 4.69) is 23.3 Å². The van der Waals surface area contributed by atoms with E-state index in [1.54, 1.807) is 98.3 Å². The smallest absolute Gasteiger partial charge is 0 e. The van der Waals surface area contributed by atoms with E-state index in [4.69, 9.17) is 0 Å². The average Bonchev–Trinajstić information content (AvgIpc) is 3.55. The van der Waals surface area contributed by atoms with E-state index in [9.17, 15) is 0 Å². The minimum atomic E-state index is 1.49. The largest absolute Gasteiger partial charge is 0.0988 e. The highest BCUT2D eigenvalue weighted by Crippen LogP contribution is 2.73. The van der Waals surface area contributed by atoms with Gasteiger partial charge in [-0.2, -0.15) is 0 Å². The van der Waals surface area contributed by atoms with Crippen molar-refractivity contribution in [1.29, 1.82) is 0 Å². The Morgan fingerprint density at radius 2 is 0.0889 bits per heavy atom. The van der Waals surface area contributed by atoms with E-state index in [1.165, 1.54) is 19.7 Å². The van der Waals surface area contributed by atoms with E-state index in [0.717, 1.165) is 0 Å². The molecule has 0 spiro atoms. The number of rotatable bonds is 87. The van der Waals surface area contributed by atoms with E-state index in [-0.39, 0.29) is 0 Å². The zero-order valence-corrected chi connectivity index (χ0v) is 110. The van der Waals surface area contributed by atoms with Crippen LogP contribution in [0.4, 0.5) is 0 Å². The monoisotopic (exact) mass is 2880 g/mol. The molecular weight excluding hydrogens is 2890 g/mol. The first kappa shape index (κ1) is 122. The van der Waals surface area contributed by atoms with Crippen molar-refractivity contribution in [2.24, 2.45) is 0 Å². The van der Waals surface area contributed by atoms with Crippen LogP contribution in [0, 0.1) is 0 Å². The van der Waals surface area contributed by atoms with Gasteiger partial charge in [0.2, 0.25) is 0 Å². The summed E-state index contributed by atoms with van der Waals surface area (Å²) in [6.07, 6.45) is 0. The molecule has 0 N–H and O–H groups in total. The first-order valence-electron chi connectivity index (χ1n) is 14.9. The lowest BCUT2D eigenvalue weighted by Gasteiger charge is -2.00. The van der Waals surface area contributed by atoms with Crippen LogP contribution in [0.5, 0.6) is 0 Å². The molecule has 0 radical (unpaired) electrons. The molecule has 0 atom stereocenters. The Morgan fingerprint density at radius 3 is 0.122 bits per heavy atom. The van der Waals surface area contributed by atoms with E-state index >= 15 is 0 Å². The highest BCUT2D eigenvalue weighted by Gasteiger charge is 2.08. The number of thiol groups is 2. The number of hydrogen-bond acceptors (Lipinski definition) is 90. The van der Waals surface area contributed by atoms with Gasteiger partial charge in [-0.25, -0.2) is 0 Å². The van der Waals surface area contributed by atoms with Crippen LogP contribution in [0.2, 0.25) is 0 Å². The van der Waals surface area contributed by atoms with Crippen LogP contribution in [0.3, 0.4) is 0 Å². The van der Waals surface area contributed by atoms with Crippen molar-refractivity contribution in [3.05, 3.63) is 0 Å². The van der Waals surface area contributed by atoms with Gasteiger partial charge in [-0.05, 0) is 157 Å². The summed E-state index contributed by atoms with van der Waals surface area (Å²) < 4.78 is 0. The van der Waals surface area contributed by atoms with E-state index < -0.39 is 0 Å². The van der Waals surface area contributed by atoms with Gasteiger partial charge in [0.25, 0.3) is 0 Å². The molecule has 542 valence electrons.